The molecule has 7 N–H and O–H groups in total. The molecule has 2 aliphatic rings. The van der Waals surface area contributed by atoms with Crippen molar-refractivity contribution in [3.05, 3.63) is 0 Å². The summed E-state index contributed by atoms with van der Waals surface area (Å²) >= 11 is 0. The van der Waals surface area contributed by atoms with Crippen molar-refractivity contribution in [2.75, 3.05) is 26.9 Å². The molecule has 2 heterocycles. The lowest BCUT2D eigenvalue weighted by Gasteiger charge is -2.43. The van der Waals surface area contributed by atoms with Gasteiger partial charge < -0.3 is 59.4 Å². The third-order valence-corrected chi connectivity index (χ3v) is 5.06. The van der Waals surface area contributed by atoms with E-state index in [1.807, 2.05) is 0 Å². The van der Waals surface area contributed by atoms with Crippen LogP contribution in [0.15, 0.2) is 0 Å². The van der Waals surface area contributed by atoms with Crippen LogP contribution in [0, 0.1) is 0 Å². The van der Waals surface area contributed by atoms with Gasteiger partial charge in [0.15, 0.2) is 6.29 Å². The second kappa shape index (κ2) is 12.1. The molecule has 2 aliphatic heterocycles. The predicted molar refractivity (Wildman–Crippen MR) is 100 cm³/mol. The second-order valence-electron chi connectivity index (χ2n) is 7.14. The van der Waals surface area contributed by atoms with Gasteiger partial charge in [-0.2, -0.15) is 0 Å². The predicted octanol–water partition coefficient (Wildman–Crippen LogP) is -4.26. The van der Waals surface area contributed by atoms with E-state index in [9.17, 15) is 45.3 Å². The van der Waals surface area contributed by atoms with Crippen molar-refractivity contribution >= 4 is 11.9 Å². The van der Waals surface area contributed by atoms with Crippen LogP contribution in [0.5, 0.6) is 0 Å². The molecule has 2 saturated heterocycles. The Bertz CT molecular complexity index is 614. The fourth-order valence-electron chi connectivity index (χ4n) is 3.17. The minimum atomic E-state index is -2.35. The zero-order valence-electron chi connectivity index (χ0n) is 16.6. The number of methoxy groups -OCH3 is 1. The van der Waals surface area contributed by atoms with E-state index in [2.05, 4.69) is 4.74 Å². The number of carbonyl (C=O) groups is 2. The molecule has 0 bridgehead atoms. The third kappa shape index (κ3) is 6.11. The van der Waals surface area contributed by atoms with E-state index >= 15 is 0 Å². The number of carbonyl (C=O) groups excluding carboxylic acids is 2. The lowest BCUT2D eigenvalue weighted by Crippen LogP contribution is -2.62. The highest BCUT2D eigenvalue weighted by molar-refractivity contribution is 5.77. The fourth-order valence-corrected chi connectivity index (χ4v) is 3.17. The lowest BCUT2D eigenvalue weighted by molar-refractivity contribution is -0.383. The maximum atomic E-state index is 11.7. The molecule has 0 aromatic heterocycles. The summed E-state index contributed by atoms with van der Waals surface area (Å²) in [7, 11) is 1.15. The number of ether oxygens (including phenoxy) is 5. The minimum absolute atomic E-state index is 0. The molecule has 0 amide bonds. The number of esters is 2. The van der Waals surface area contributed by atoms with Crippen LogP contribution in [-0.2, 0) is 33.3 Å². The zero-order chi connectivity index (χ0) is 23.3. The van der Waals surface area contributed by atoms with Gasteiger partial charge in [0.05, 0.1) is 26.6 Å². The maximum absolute atomic E-state index is 11.7. The normalized spacial score (nSPS) is 39.2. The summed E-state index contributed by atoms with van der Waals surface area (Å²) in [4.78, 5) is 22.7. The van der Waals surface area contributed by atoms with Gasteiger partial charge in [0.1, 0.15) is 55.9 Å². The SMILES string of the molecule is C.COC(=O)CCC(=O)OCC1OC(CO)(OC2OC(CO)C(O)C(O)C2O)C(O)C1O. The van der Waals surface area contributed by atoms with E-state index in [1.165, 1.54) is 0 Å². The van der Waals surface area contributed by atoms with Crippen molar-refractivity contribution in [3.63, 3.8) is 0 Å². The van der Waals surface area contributed by atoms with Crippen molar-refractivity contribution in [2.45, 2.75) is 75.1 Å². The molecule has 32 heavy (non-hydrogen) atoms. The molecule has 0 radical (unpaired) electrons. The Morgan fingerprint density at radius 1 is 0.906 bits per heavy atom. The largest absolute Gasteiger partial charge is 0.469 e. The molecule has 0 spiro atoms. The van der Waals surface area contributed by atoms with Crippen molar-refractivity contribution in [2.24, 2.45) is 0 Å². The molecule has 0 aliphatic carbocycles. The van der Waals surface area contributed by atoms with Crippen LogP contribution >= 0.6 is 0 Å². The number of hydrogen-bond acceptors (Lipinski definition) is 14. The van der Waals surface area contributed by atoms with E-state index in [0.717, 1.165) is 7.11 Å². The topological polar surface area (TPSA) is 222 Å². The molecule has 188 valence electrons. The summed E-state index contributed by atoms with van der Waals surface area (Å²) in [5.41, 5.74) is 0. The summed E-state index contributed by atoms with van der Waals surface area (Å²) in [6, 6.07) is 0. The standard InChI is InChI=1S/C17H28O14.CH4/c1-27-9(20)2-3-10(21)28-5-8-12(23)15(26)17(6-19,30-8)31-16-14(25)13(24)11(22)7(4-18)29-16;/h7-8,11-16,18-19,22-26H,2-6H2,1H3;1H4. The van der Waals surface area contributed by atoms with Gasteiger partial charge in [-0.1, -0.05) is 7.43 Å². The summed E-state index contributed by atoms with van der Waals surface area (Å²) in [5, 5.41) is 69.3. The smallest absolute Gasteiger partial charge is 0.306 e. The van der Waals surface area contributed by atoms with Crippen molar-refractivity contribution in [3.8, 4) is 0 Å². The van der Waals surface area contributed by atoms with Gasteiger partial charge in [-0.05, 0) is 0 Å². The van der Waals surface area contributed by atoms with Gasteiger partial charge >= 0.3 is 11.9 Å². The Morgan fingerprint density at radius 2 is 1.53 bits per heavy atom. The first-order valence-corrected chi connectivity index (χ1v) is 9.45. The van der Waals surface area contributed by atoms with Crippen LogP contribution in [0.1, 0.15) is 20.3 Å². The summed E-state index contributed by atoms with van der Waals surface area (Å²) < 4.78 is 25.1. The summed E-state index contributed by atoms with van der Waals surface area (Å²) in [6.07, 6.45) is -13.9. The van der Waals surface area contributed by atoms with Crippen LogP contribution in [0.3, 0.4) is 0 Å². The highest BCUT2D eigenvalue weighted by Crippen LogP contribution is 2.36. The first kappa shape index (κ1) is 28.6. The van der Waals surface area contributed by atoms with Crippen LogP contribution in [0.4, 0.5) is 0 Å². The molecular formula is C18H32O14. The van der Waals surface area contributed by atoms with E-state index < -0.39 is 86.6 Å². The van der Waals surface area contributed by atoms with Gasteiger partial charge in [0.2, 0.25) is 5.79 Å². The average Bonchev–Trinajstić information content (AvgIpc) is 3.01. The molecule has 14 nitrogen and oxygen atoms in total. The Balaban J connectivity index is 0.00000512. The number of aliphatic hydroxyl groups is 7. The molecule has 0 aromatic rings. The van der Waals surface area contributed by atoms with Crippen molar-refractivity contribution in [1.82, 2.24) is 0 Å². The monoisotopic (exact) mass is 472 g/mol. The van der Waals surface area contributed by atoms with Crippen LogP contribution in [-0.4, -0.2) is 129 Å². The summed E-state index contributed by atoms with van der Waals surface area (Å²) in [6.45, 7) is -2.36. The lowest BCUT2D eigenvalue weighted by atomic mass is 9.99. The molecule has 2 rings (SSSR count). The first-order chi connectivity index (χ1) is 14.6. The maximum Gasteiger partial charge on any atom is 0.306 e. The van der Waals surface area contributed by atoms with Gasteiger partial charge in [-0.3, -0.25) is 9.59 Å². The molecule has 9 unspecified atom stereocenters. The first-order valence-electron chi connectivity index (χ1n) is 9.45. The van der Waals surface area contributed by atoms with Gasteiger partial charge in [0, 0.05) is 0 Å². The molecule has 9 atom stereocenters. The van der Waals surface area contributed by atoms with Crippen molar-refractivity contribution in [1.29, 1.82) is 0 Å². The van der Waals surface area contributed by atoms with E-state index in [0.29, 0.717) is 0 Å². The Labute approximate surface area is 183 Å². The molecular weight excluding hydrogens is 440 g/mol. The number of rotatable bonds is 9. The van der Waals surface area contributed by atoms with Gasteiger partial charge in [-0.25, -0.2) is 0 Å². The zero-order valence-corrected chi connectivity index (χ0v) is 16.6. The van der Waals surface area contributed by atoms with E-state index in [4.69, 9.17) is 18.9 Å². The molecule has 0 saturated carbocycles. The third-order valence-electron chi connectivity index (χ3n) is 5.06. The van der Waals surface area contributed by atoms with Crippen LogP contribution in [0.2, 0.25) is 0 Å². The minimum Gasteiger partial charge on any atom is -0.469 e. The van der Waals surface area contributed by atoms with E-state index in [1.54, 1.807) is 0 Å². The van der Waals surface area contributed by atoms with Crippen molar-refractivity contribution < 1.29 is 69.0 Å². The molecule has 2 fully saturated rings. The van der Waals surface area contributed by atoms with Gasteiger partial charge in [0.25, 0.3) is 0 Å². The summed E-state index contributed by atoms with van der Waals surface area (Å²) in [5.74, 6) is -3.79. The second-order valence-corrected chi connectivity index (χ2v) is 7.14. The average molecular weight is 472 g/mol. The van der Waals surface area contributed by atoms with Crippen LogP contribution < -0.4 is 0 Å². The Morgan fingerprint density at radius 3 is 2.09 bits per heavy atom. The molecule has 0 aromatic carbocycles. The highest BCUT2D eigenvalue weighted by atomic mass is 16.8. The fraction of sp³-hybridized carbons (Fsp3) is 0.889. The van der Waals surface area contributed by atoms with Crippen LogP contribution in [0.25, 0.3) is 0 Å². The number of aliphatic hydroxyl groups excluding tert-OH is 7. The Kier molecular flexibility index (Phi) is 10.8. The van der Waals surface area contributed by atoms with E-state index in [-0.39, 0.29) is 20.3 Å². The molecule has 14 heteroatoms. The Hall–Kier alpha value is -1.46. The number of hydrogen-bond donors (Lipinski definition) is 7. The van der Waals surface area contributed by atoms with Gasteiger partial charge in [-0.15, -0.1) is 0 Å². The quantitative estimate of drug-likeness (QED) is 0.158. The highest BCUT2D eigenvalue weighted by Gasteiger charge is 2.58.